The van der Waals surface area contributed by atoms with Crippen LogP contribution in [0.2, 0.25) is 0 Å². The van der Waals surface area contributed by atoms with Crippen LogP contribution >= 0.6 is 0 Å². The Bertz CT molecular complexity index is 365. The summed E-state index contributed by atoms with van der Waals surface area (Å²) in [7, 11) is 1.28. The van der Waals surface area contributed by atoms with Crippen LogP contribution in [-0.2, 0) is 23.9 Å². The Labute approximate surface area is 104 Å². The van der Waals surface area contributed by atoms with Gasteiger partial charge < -0.3 is 19.5 Å². The standard InChI is InChI=1S/C11H15NO6/c1-17-11(16)6-8-7-12(4-5-18-8)9(13)2-3-10(14)15/h2-3,8H,4-7H2,1H3,(H,14,15)/b3-2+. The minimum Gasteiger partial charge on any atom is -0.478 e. The summed E-state index contributed by atoms with van der Waals surface area (Å²) in [6, 6.07) is 0. The summed E-state index contributed by atoms with van der Waals surface area (Å²) < 4.78 is 9.83. The number of esters is 1. The molecule has 0 radical (unpaired) electrons. The van der Waals surface area contributed by atoms with Gasteiger partial charge in [0.25, 0.3) is 0 Å². The Morgan fingerprint density at radius 3 is 2.78 bits per heavy atom. The molecule has 0 spiro atoms. The molecule has 0 aromatic rings. The van der Waals surface area contributed by atoms with Gasteiger partial charge in [-0.25, -0.2) is 4.79 Å². The highest BCUT2D eigenvalue weighted by Gasteiger charge is 2.25. The fourth-order valence-electron chi connectivity index (χ4n) is 1.56. The number of morpholine rings is 1. The lowest BCUT2D eigenvalue weighted by Crippen LogP contribution is -2.45. The largest absolute Gasteiger partial charge is 0.478 e. The van der Waals surface area contributed by atoms with Crippen molar-refractivity contribution in [2.75, 3.05) is 26.8 Å². The van der Waals surface area contributed by atoms with E-state index in [4.69, 9.17) is 9.84 Å². The number of carbonyl (C=O) groups excluding carboxylic acids is 2. The van der Waals surface area contributed by atoms with Crippen molar-refractivity contribution < 1.29 is 29.0 Å². The molecule has 1 N–H and O–H groups in total. The van der Waals surface area contributed by atoms with Gasteiger partial charge in [0.1, 0.15) is 0 Å². The molecule has 1 unspecified atom stereocenters. The van der Waals surface area contributed by atoms with E-state index in [9.17, 15) is 14.4 Å². The zero-order valence-corrected chi connectivity index (χ0v) is 10.00. The Hall–Kier alpha value is -1.89. The predicted octanol–water partition coefficient (Wildman–Crippen LogP) is -0.582. The van der Waals surface area contributed by atoms with E-state index in [-0.39, 0.29) is 13.0 Å². The summed E-state index contributed by atoms with van der Waals surface area (Å²) in [5.41, 5.74) is 0. The number of hydrogen-bond donors (Lipinski definition) is 1. The topological polar surface area (TPSA) is 93.1 Å². The van der Waals surface area contributed by atoms with Gasteiger partial charge in [-0.15, -0.1) is 0 Å². The van der Waals surface area contributed by atoms with Crippen LogP contribution in [0.4, 0.5) is 0 Å². The van der Waals surface area contributed by atoms with E-state index in [1.165, 1.54) is 12.0 Å². The van der Waals surface area contributed by atoms with Gasteiger partial charge in [-0.2, -0.15) is 0 Å². The third-order valence-corrected chi connectivity index (χ3v) is 2.44. The maximum Gasteiger partial charge on any atom is 0.328 e. The van der Waals surface area contributed by atoms with Crippen molar-refractivity contribution in [2.24, 2.45) is 0 Å². The SMILES string of the molecule is COC(=O)CC1CN(C(=O)/C=C/C(=O)O)CCO1. The lowest BCUT2D eigenvalue weighted by molar-refractivity contribution is -0.148. The molecule has 7 heteroatoms. The third-order valence-electron chi connectivity index (χ3n) is 2.44. The van der Waals surface area contributed by atoms with Crippen molar-refractivity contribution in [1.29, 1.82) is 0 Å². The van der Waals surface area contributed by atoms with Gasteiger partial charge >= 0.3 is 11.9 Å². The molecule has 0 aromatic carbocycles. The maximum atomic E-state index is 11.6. The minimum absolute atomic E-state index is 0.0723. The van der Waals surface area contributed by atoms with E-state index >= 15 is 0 Å². The average Bonchev–Trinajstić information content (AvgIpc) is 2.36. The number of methoxy groups -OCH3 is 1. The van der Waals surface area contributed by atoms with Crippen molar-refractivity contribution >= 4 is 17.8 Å². The second-order valence-corrected chi connectivity index (χ2v) is 3.73. The summed E-state index contributed by atoms with van der Waals surface area (Å²) in [5.74, 6) is -1.99. The second-order valence-electron chi connectivity index (χ2n) is 3.73. The van der Waals surface area contributed by atoms with Crippen molar-refractivity contribution in [3.63, 3.8) is 0 Å². The first-order valence-electron chi connectivity index (χ1n) is 5.41. The minimum atomic E-state index is -1.18. The first kappa shape index (κ1) is 14.2. The molecule has 1 fully saturated rings. The smallest absolute Gasteiger partial charge is 0.328 e. The van der Waals surface area contributed by atoms with Gasteiger partial charge in [-0.1, -0.05) is 0 Å². The van der Waals surface area contributed by atoms with E-state index in [1.807, 2.05) is 0 Å². The summed E-state index contributed by atoms with van der Waals surface area (Å²) in [4.78, 5) is 34.4. The number of hydrogen-bond acceptors (Lipinski definition) is 5. The van der Waals surface area contributed by atoms with Crippen LogP contribution < -0.4 is 0 Å². The molecule has 1 amide bonds. The highest BCUT2D eigenvalue weighted by atomic mass is 16.5. The van der Waals surface area contributed by atoms with Crippen LogP contribution in [0.25, 0.3) is 0 Å². The van der Waals surface area contributed by atoms with Crippen LogP contribution in [0.5, 0.6) is 0 Å². The summed E-state index contributed by atoms with van der Waals surface area (Å²) in [6.07, 6.45) is 1.44. The molecule has 0 aromatic heterocycles. The van der Waals surface area contributed by atoms with E-state index in [2.05, 4.69) is 4.74 Å². The first-order valence-corrected chi connectivity index (χ1v) is 5.41. The Kier molecular flexibility index (Phi) is 5.31. The van der Waals surface area contributed by atoms with Gasteiger partial charge in [-0.3, -0.25) is 9.59 Å². The molecule has 1 saturated heterocycles. The summed E-state index contributed by atoms with van der Waals surface area (Å²) in [5, 5.41) is 8.42. The lowest BCUT2D eigenvalue weighted by atomic mass is 10.2. The number of rotatable bonds is 4. The Morgan fingerprint density at radius 2 is 2.17 bits per heavy atom. The first-order chi connectivity index (χ1) is 8.52. The van der Waals surface area contributed by atoms with Gasteiger partial charge in [0.05, 0.1) is 26.2 Å². The molecule has 1 aliphatic heterocycles. The molecule has 0 bridgehead atoms. The highest BCUT2D eigenvalue weighted by molar-refractivity contribution is 5.94. The molecule has 7 nitrogen and oxygen atoms in total. The van der Waals surface area contributed by atoms with Crippen molar-refractivity contribution in [2.45, 2.75) is 12.5 Å². The number of aliphatic carboxylic acids is 1. The van der Waals surface area contributed by atoms with E-state index in [1.54, 1.807) is 0 Å². The normalized spacial score (nSPS) is 19.8. The molecule has 1 atom stereocenters. The highest BCUT2D eigenvalue weighted by Crippen LogP contribution is 2.10. The van der Waals surface area contributed by atoms with Crippen molar-refractivity contribution in [1.82, 2.24) is 4.90 Å². The Balaban J connectivity index is 2.50. The molecule has 0 aliphatic carbocycles. The summed E-state index contributed by atoms with van der Waals surface area (Å²) >= 11 is 0. The zero-order chi connectivity index (χ0) is 13.5. The Morgan fingerprint density at radius 1 is 1.44 bits per heavy atom. The van der Waals surface area contributed by atoms with Crippen molar-refractivity contribution in [3.05, 3.63) is 12.2 Å². The van der Waals surface area contributed by atoms with Crippen LogP contribution in [0.15, 0.2) is 12.2 Å². The second kappa shape index (κ2) is 6.75. The molecular formula is C11H15NO6. The van der Waals surface area contributed by atoms with E-state index < -0.39 is 23.9 Å². The van der Waals surface area contributed by atoms with Gasteiger partial charge in [-0.05, 0) is 0 Å². The maximum absolute atomic E-state index is 11.6. The molecule has 1 rings (SSSR count). The van der Waals surface area contributed by atoms with Crippen LogP contribution in [0.1, 0.15) is 6.42 Å². The van der Waals surface area contributed by atoms with E-state index in [0.29, 0.717) is 13.2 Å². The van der Waals surface area contributed by atoms with Crippen LogP contribution in [0, 0.1) is 0 Å². The number of carbonyl (C=O) groups is 3. The number of carboxylic acids is 1. The number of carboxylic acid groups (broad SMARTS) is 1. The van der Waals surface area contributed by atoms with Crippen LogP contribution in [0.3, 0.4) is 0 Å². The monoisotopic (exact) mass is 257 g/mol. The zero-order valence-electron chi connectivity index (χ0n) is 10.00. The lowest BCUT2D eigenvalue weighted by Gasteiger charge is -2.31. The van der Waals surface area contributed by atoms with Gasteiger partial charge in [0.2, 0.25) is 5.91 Å². The quantitative estimate of drug-likeness (QED) is 0.535. The van der Waals surface area contributed by atoms with Crippen LogP contribution in [-0.4, -0.2) is 60.8 Å². The number of nitrogens with zero attached hydrogens (tertiary/aromatic N) is 1. The van der Waals surface area contributed by atoms with Gasteiger partial charge in [0, 0.05) is 25.2 Å². The average molecular weight is 257 g/mol. The molecule has 0 saturated carbocycles. The number of ether oxygens (including phenoxy) is 2. The molecular weight excluding hydrogens is 242 g/mol. The van der Waals surface area contributed by atoms with E-state index in [0.717, 1.165) is 12.2 Å². The number of amides is 1. The fraction of sp³-hybridized carbons (Fsp3) is 0.545. The van der Waals surface area contributed by atoms with Gasteiger partial charge in [0.15, 0.2) is 0 Å². The van der Waals surface area contributed by atoms with Crippen molar-refractivity contribution in [3.8, 4) is 0 Å². The third kappa shape index (κ3) is 4.54. The molecule has 100 valence electrons. The molecule has 18 heavy (non-hydrogen) atoms. The summed E-state index contributed by atoms with van der Waals surface area (Å²) in [6.45, 7) is 0.937. The molecule has 1 heterocycles. The molecule has 1 aliphatic rings. The predicted molar refractivity (Wildman–Crippen MR) is 59.7 cm³/mol. The fourth-order valence-corrected chi connectivity index (χ4v) is 1.56.